The maximum atomic E-state index is 10.8. The van der Waals surface area contributed by atoms with Gasteiger partial charge in [0.05, 0.1) is 0 Å². The molecule has 0 heterocycles. The van der Waals surface area contributed by atoms with Crippen LogP contribution < -0.4 is 5.32 Å². The van der Waals surface area contributed by atoms with Gasteiger partial charge in [-0.3, -0.25) is 4.79 Å². The Hall–Kier alpha value is -1.51. The minimum Gasteiger partial charge on any atom is -0.508 e. The number of hydrogen-bond acceptors (Lipinski definition) is 2. The number of rotatable bonds is 3. The molecule has 0 saturated heterocycles. The molecule has 3 heteroatoms. The number of benzene rings is 1. The molecule has 0 radical (unpaired) electrons. The van der Waals surface area contributed by atoms with Gasteiger partial charge in [-0.05, 0) is 31.0 Å². The van der Waals surface area contributed by atoms with E-state index in [0.29, 0.717) is 0 Å². The maximum absolute atomic E-state index is 10.8. The second kappa shape index (κ2) is 4.65. The van der Waals surface area contributed by atoms with Gasteiger partial charge in [-0.25, -0.2) is 0 Å². The third-order valence-corrected chi connectivity index (χ3v) is 1.90. The van der Waals surface area contributed by atoms with E-state index in [9.17, 15) is 9.90 Å². The SMILES string of the molecule is CC(=O)NC(C)Cc1cccc(O)c1. The first-order chi connectivity index (χ1) is 6.58. The van der Waals surface area contributed by atoms with Crippen LogP contribution in [0, 0.1) is 0 Å². The topological polar surface area (TPSA) is 49.3 Å². The normalized spacial score (nSPS) is 12.1. The number of phenolic OH excluding ortho intramolecular Hbond substituents is 1. The highest BCUT2D eigenvalue weighted by Crippen LogP contribution is 2.12. The van der Waals surface area contributed by atoms with E-state index in [2.05, 4.69) is 5.32 Å². The van der Waals surface area contributed by atoms with Gasteiger partial charge in [-0.2, -0.15) is 0 Å². The van der Waals surface area contributed by atoms with Crippen molar-refractivity contribution in [3.63, 3.8) is 0 Å². The van der Waals surface area contributed by atoms with Crippen molar-refractivity contribution in [2.24, 2.45) is 0 Å². The van der Waals surface area contributed by atoms with Crippen LogP contribution in [-0.4, -0.2) is 17.1 Å². The summed E-state index contributed by atoms with van der Waals surface area (Å²) in [6.07, 6.45) is 0.730. The number of nitrogens with one attached hydrogen (secondary N) is 1. The first-order valence-electron chi connectivity index (χ1n) is 4.63. The van der Waals surface area contributed by atoms with Gasteiger partial charge in [-0.1, -0.05) is 12.1 Å². The number of carbonyl (C=O) groups excluding carboxylic acids is 1. The molecule has 0 fully saturated rings. The average molecular weight is 193 g/mol. The van der Waals surface area contributed by atoms with Crippen molar-refractivity contribution in [1.82, 2.24) is 5.32 Å². The van der Waals surface area contributed by atoms with Crippen LogP contribution in [0.25, 0.3) is 0 Å². The lowest BCUT2D eigenvalue weighted by Gasteiger charge is -2.12. The lowest BCUT2D eigenvalue weighted by Crippen LogP contribution is -2.31. The van der Waals surface area contributed by atoms with Crippen LogP contribution in [0.3, 0.4) is 0 Å². The molecular formula is C11H15NO2. The molecule has 1 rings (SSSR count). The monoisotopic (exact) mass is 193 g/mol. The molecule has 1 aromatic carbocycles. The Bertz CT molecular complexity index is 323. The lowest BCUT2D eigenvalue weighted by molar-refractivity contribution is -0.119. The summed E-state index contributed by atoms with van der Waals surface area (Å²) in [5.74, 6) is 0.232. The van der Waals surface area contributed by atoms with E-state index in [4.69, 9.17) is 0 Å². The summed E-state index contributed by atoms with van der Waals surface area (Å²) < 4.78 is 0. The van der Waals surface area contributed by atoms with E-state index >= 15 is 0 Å². The van der Waals surface area contributed by atoms with Crippen molar-refractivity contribution in [2.75, 3.05) is 0 Å². The minimum absolute atomic E-state index is 0.0300. The fourth-order valence-corrected chi connectivity index (χ4v) is 1.44. The molecule has 1 amide bonds. The number of aromatic hydroxyl groups is 1. The highest BCUT2D eigenvalue weighted by molar-refractivity contribution is 5.73. The molecule has 0 bridgehead atoms. The zero-order valence-electron chi connectivity index (χ0n) is 8.45. The molecule has 3 nitrogen and oxygen atoms in total. The first-order valence-corrected chi connectivity index (χ1v) is 4.63. The highest BCUT2D eigenvalue weighted by Gasteiger charge is 2.04. The van der Waals surface area contributed by atoms with Gasteiger partial charge in [0.2, 0.25) is 5.91 Å². The van der Waals surface area contributed by atoms with Crippen molar-refractivity contribution >= 4 is 5.91 Å². The molecule has 0 aliphatic heterocycles. The zero-order chi connectivity index (χ0) is 10.6. The van der Waals surface area contributed by atoms with Crippen LogP contribution in [0.5, 0.6) is 5.75 Å². The number of phenols is 1. The third-order valence-electron chi connectivity index (χ3n) is 1.90. The van der Waals surface area contributed by atoms with Crippen molar-refractivity contribution < 1.29 is 9.90 Å². The molecule has 0 aromatic heterocycles. The fourth-order valence-electron chi connectivity index (χ4n) is 1.44. The van der Waals surface area contributed by atoms with E-state index in [-0.39, 0.29) is 17.7 Å². The predicted octanol–water partition coefficient (Wildman–Crippen LogP) is 1.46. The minimum atomic E-state index is -0.0300. The second-order valence-electron chi connectivity index (χ2n) is 3.48. The van der Waals surface area contributed by atoms with Crippen LogP contribution in [-0.2, 0) is 11.2 Å². The first kappa shape index (κ1) is 10.6. The quantitative estimate of drug-likeness (QED) is 0.763. The molecule has 0 aliphatic carbocycles. The van der Waals surface area contributed by atoms with Gasteiger partial charge in [0.1, 0.15) is 5.75 Å². The van der Waals surface area contributed by atoms with E-state index in [0.717, 1.165) is 12.0 Å². The van der Waals surface area contributed by atoms with Crippen LogP contribution in [0.2, 0.25) is 0 Å². The number of amides is 1. The van der Waals surface area contributed by atoms with E-state index < -0.39 is 0 Å². The van der Waals surface area contributed by atoms with Crippen LogP contribution in [0.1, 0.15) is 19.4 Å². The molecule has 1 unspecified atom stereocenters. The standard InChI is InChI=1S/C11H15NO2/c1-8(12-9(2)13)6-10-4-3-5-11(14)7-10/h3-5,7-8,14H,6H2,1-2H3,(H,12,13). The average Bonchev–Trinajstić information content (AvgIpc) is 2.01. The van der Waals surface area contributed by atoms with Crippen LogP contribution in [0.4, 0.5) is 0 Å². The summed E-state index contributed by atoms with van der Waals surface area (Å²) in [4.78, 5) is 10.8. The second-order valence-corrected chi connectivity index (χ2v) is 3.48. The Morgan fingerprint density at radius 1 is 1.57 bits per heavy atom. The van der Waals surface area contributed by atoms with Crippen molar-refractivity contribution in [3.05, 3.63) is 29.8 Å². The number of hydrogen-bond donors (Lipinski definition) is 2. The molecule has 76 valence electrons. The van der Waals surface area contributed by atoms with Gasteiger partial charge >= 0.3 is 0 Å². The summed E-state index contributed by atoms with van der Waals surface area (Å²) in [5, 5.41) is 12.0. The molecule has 0 saturated carbocycles. The molecule has 1 aromatic rings. The van der Waals surface area contributed by atoms with Crippen molar-refractivity contribution in [2.45, 2.75) is 26.3 Å². The Morgan fingerprint density at radius 3 is 2.86 bits per heavy atom. The summed E-state index contributed by atoms with van der Waals surface area (Å²) >= 11 is 0. The Kier molecular flexibility index (Phi) is 3.51. The Balaban J connectivity index is 2.55. The van der Waals surface area contributed by atoms with Gasteiger partial charge < -0.3 is 10.4 Å². The van der Waals surface area contributed by atoms with Crippen LogP contribution >= 0.6 is 0 Å². The molecule has 14 heavy (non-hydrogen) atoms. The smallest absolute Gasteiger partial charge is 0.217 e. The fraction of sp³-hybridized carbons (Fsp3) is 0.364. The van der Waals surface area contributed by atoms with Crippen molar-refractivity contribution in [3.8, 4) is 5.75 Å². The van der Waals surface area contributed by atoms with Crippen LogP contribution in [0.15, 0.2) is 24.3 Å². The summed E-state index contributed by atoms with van der Waals surface area (Å²) in [6, 6.07) is 7.16. The Morgan fingerprint density at radius 2 is 2.29 bits per heavy atom. The van der Waals surface area contributed by atoms with E-state index in [1.165, 1.54) is 6.92 Å². The molecule has 0 spiro atoms. The van der Waals surface area contributed by atoms with E-state index in [1.54, 1.807) is 18.2 Å². The maximum Gasteiger partial charge on any atom is 0.217 e. The predicted molar refractivity (Wildman–Crippen MR) is 55.1 cm³/mol. The number of carbonyl (C=O) groups is 1. The highest BCUT2D eigenvalue weighted by atomic mass is 16.3. The van der Waals surface area contributed by atoms with E-state index in [1.807, 2.05) is 13.0 Å². The third kappa shape index (κ3) is 3.47. The Labute approximate surface area is 83.8 Å². The molecule has 1 atom stereocenters. The molecule has 2 N–H and O–H groups in total. The lowest BCUT2D eigenvalue weighted by atomic mass is 10.1. The summed E-state index contributed by atoms with van der Waals surface area (Å²) in [7, 11) is 0. The molecule has 0 aliphatic rings. The van der Waals surface area contributed by atoms with Crippen molar-refractivity contribution in [1.29, 1.82) is 0 Å². The van der Waals surface area contributed by atoms with Gasteiger partial charge in [0.15, 0.2) is 0 Å². The summed E-state index contributed by atoms with van der Waals surface area (Å²) in [5.41, 5.74) is 1.02. The summed E-state index contributed by atoms with van der Waals surface area (Å²) in [6.45, 7) is 3.43. The zero-order valence-corrected chi connectivity index (χ0v) is 8.45. The van der Waals surface area contributed by atoms with Gasteiger partial charge in [-0.15, -0.1) is 0 Å². The van der Waals surface area contributed by atoms with Gasteiger partial charge in [0, 0.05) is 13.0 Å². The largest absolute Gasteiger partial charge is 0.508 e. The van der Waals surface area contributed by atoms with Gasteiger partial charge in [0.25, 0.3) is 0 Å². The molecular weight excluding hydrogens is 178 g/mol.